The predicted octanol–water partition coefficient (Wildman–Crippen LogP) is 3.10. The zero-order valence-electron chi connectivity index (χ0n) is 19.0. The van der Waals surface area contributed by atoms with E-state index < -0.39 is 23.2 Å². The summed E-state index contributed by atoms with van der Waals surface area (Å²) in [6.07, 6.45) is -4.02. The molecule has 34 heavy (non-hydrogen) atoms. The molecule has 1 amide bonds. The van der Waals surface area contributed by atoms with Crippen LogP contribution >= 0.6 is 0 Å². The van der Waals surface area contributed by atoms with Crippen LogP contribution in [0.3, 0.4) is 0 Å². The average molecular weight is 485 g/mol. The van der Waals surface area contributed by atoms with Gasteiger partial charge in [0.15, 0.2) is 11.5 Å². The summed E-state index contributed by atoms with van der Waals surface area (Å²) in [4.78, 5) is 16.7. The molecule has 7 nitrogen and oxygen atoms in total. The first kappa shape index (κ1) is 24.3. The number of alkyl halides is 3. The van der Waals surface area contributed by atoms with Crippen molar-refractivity contribution in [2.45, 2.75) is 31.1 Å². The van der Waals surface area contributed by atoms with E-state index in [1.54, 1.807) is 30.1 Å². The Morgan fingerprint density at radius 2 is 1.82 bits per heavy atom. The molecule has 2 aromatic rings. The van der Waals surface area contributed by atoms with Crippen molar-refractivity contribution >= 4 is 5.91 Å². The van der Waals surface area contributed by atoms with E-state index in [0.29, 0.717) is 42.5 Å². The number of carbonyl (C=O) groups is 1. The number of aromatic nitrogens is 1. The van der Waals surface area contributed by atoms with Crippen molar-refractivity contribution in [3.63, 3.8) is 0 Å². The number of piperidine rings is 1. The molecule has 1 N–H and O–H groups in total. The molecule has 11 heteroatoms. The number of methoxy groups -OCH3 is 1. The molecule has 1 saturated heterocycles. The molecular weight excluding hydrogens is 458 g/mol. The van der Waals surface area contributed by atoms with Gasteiger partial charge >= 0.3 is 6.18 Å². The molecule has 1 fully saturated rings. The molecule has 2 aliphatic heterocycles. The van der Waals surface area contributed by atoms with Crippen molar-refractivity contribution in [2.24, 2.45) is 0 Å². The molecule has 1 aromatic carbocycles. The van der Waals surface area contributed by atoms with Crippen LogP contribution in [-0.2, 0) is 18.3 Å². The van der Waals surface area contributed by atoms with Gasteiger partial charge in [-0.15, -0.1) is 0 Å². The number of aliphatic hydroxyl groups is 1. The number of likely N-dealkylation sites (tertiary alicyclic amines) is 1. The number of likely N-dealkylation sites (N-methyl/N-ethyl adjacent to an activating group) is 1. The van der Waals surface area contributed by atoms with E-state index in [1.165, 1.54) is 7.11 Å². The standard InChI is InChI=1S/C23H27F4N3O4/c1-28-9-10-30-19(23(25,26)27)14-16(24)20(30)22(28)5-7-29(8-6-22)21(32)15-3-4-17(34-12-11-31)18(13-15)33-2/h3-4,13-14,31H,5-12H2,1-2H3. The molecule has 4 rings (SSSR count). The topological polar surface area (TPSA) is 67.2 Å². The summed E-state index contributed by atoms with van der Waals surface area (Å²) in [5, 5.41) is 8.94. The van der Waals surface area contributed by atoms with Gasteiger partial charge in [-0.25, -0.2) is 4.39 Å². The van der Waals surface area contributed by atoms with Crippen LogP contribution in [0, 0.1) is 5.82 Å². The predicted molar refractivity (Wildman–Crippen MR) is 114 cm³/mol. The SMILES string of the molecule is COc1cc(C(=O)N2CCC3(CC2)c2c(F)cc(C(F)(F)F)n2CCN3C)ccc1OCCO. The molecule has 1 spiro atoms. The lowest BCUT2D eigenvalue weighted by Crippen LogP contribution is -2.57. The van der Waals surface area contributed by atoms with Gasteiger partial charge in [-0.2, -0.15) is 13.2 Å². The second-order valence-corrected chi connectivity index (χ2v) is 8.56. The molecule has 0 aliphatic carbocycles. The maximum Gasteiger partial charge on any atom is 0.431 e. The number of fused-ring (bicyclic) bond motifs is 2. The van der Waals surface area contributed by atoms with Crippen molar-refractivity contribution in [2.75, 3.05) is 47.0 Å². The third kappa shape index (κ3) is 4.11. The first-order valence-corrected chi connectivity index (χ1v) is 11.0. The molecule has 2 aliphatic rings. The van der Waals surface area contributed by atoms with Gasteiger partial charge in [0, 0.05) is 37.8 Å². The lowest BCUT2D eigenvalue weighted by molar-refractivity contribution is -0.144. The number of benzene rings is 1. The molecule has 0 bridgehead atoms. The van der Waals surface area contributed by atoms with Crippen LogP contribution in [0.2, 0.25) is 0 Å². The Labute approximate surface area is 194 Å². The number of amides is 1. The van der Waals surface area contributed by atoms with Crippen molar-refractivity contribution < 1.29 is 36.9 Å². The largest absolute Gasteiger partial charge is 0.493 e. The first-order valence-electron chi connectivity index (χ1n) is 11.0. The van der Waals surface area contributed by atoms with E-state index in [0.717, 1.165) is 4.57 Å². The minimum Gasteiger partial charge on any atom is -0.493 e. The van der Waals surface area contributed by atoms with Crippen LogP contribution in [0.5, 0.6) is 11.5 Å². The minimum absolute atomic E-state index is 0.0488. The van der Waals surface area contributed by atoms with Crippen LogP contribution in [0.25, 0.3) is 0 Å². The van der Waals surface area contributed by atoms with E-state index in [4.69, 9.17) is 14.6 Å². The number of aliphatic hydroxyl groups excluding tert-OH is 1. The monoisotopic (exact) mass is 485 g/mol. The highest BCUT2D eigenvalue weighted by Crippen LogP contribution is 2.45. The highest BCUT2D eigenvalue weighted by atomic mass is 19.4. The van der Waals surface area contributed by atoms with Crippen LogP contribution in [0.15, 0.2) is 24.3 Å². The summed E-state index contributed by atoms with van der Waals surface area (Å²) in [5.41, 5.74) is -1.47. The van der Waals surface area contributed by atoms with Crippen LogP contribution in [0.4, 0.5) is 17.6 Å². The summed E-state index contributed by atoms with van der Waals surface area (Å²) in [6.45, 7) is 0.854. The number of hydrogen-bond donors (Lipinski definition) is 1. The lowest BCUT2D eigenvalue weighted by atomic mass is 9.81. The fourth-order valence-electron chi connectivity index (χ4n) is 5.06. The van der Waals surface area contributed by atoms with Crippen molar-refractivity contribution in [3.05, 3.63) is 47.0 Å². The highest BCUT2D eigenvalue weighted by Gasteiger charge is 2.49. The third-order valence-corrected chi connectivity index (χ3v) is 6.81. The maximum absolute atomic E-state index is 14.9. The van der Waals surface area contributed by atoms with E-state index in [2.05, 4.69) is 0 Å². The van der Waals surface area contributed by atoms with Gasteiger partial charge in [0.25, 0.3) is 5.91 Å². The molecule has 0 unspecified atom stereocenters. The maximum atomic E-state index is 14.9. The molecule has 186 valence electrons. The van der Waals surface area contributed by atoms with Crippen molar-refractivity contribution in [3.8, 4) is 11.5 Å². The van der Waals surface area contributed by atoms with Crippen molar-refractivity contribution in [1.29, 1.82) is 0 Å². The van der Waals surface area contributed by atoms with Gasteiger partial charge in [-0.05, 0) is 38.1 Å². The highest BCUT2D eigenvalue weighted by molar-refractivity contribution is 5.95. The Kier molecular flexibility index (Phi) is 6.52. The first-order chi connectivity index (χ1) is 16.1. The summed E-state index contributed by atoms with van der Waals surface area (Å²) in [7, 11) is 3.23. The lowest BCUT2D eigenvalue weighted by Gasteiger charge is -2.50. The molecular formula is C23H27F4N3O4. The van der Waals surface area contributed by atoms with Gasteiger partial charge in [-0.1, -0.05) is 0 Å². The molecule has 1 aromatic heterocycles. The van der Waals surface area contributed by atoms with E-state index >= 15 is 0 Å². The molecule has 0 radical (unpaired) electrons. The van der Waals surface area contributed by atoms with Gasteiger partial charge < -0.3 is 24.0 Å². The average Bonchev–Trinajstić information content (AvgIpc) is 3.18. The molecule has 0 atom stereocenters. The summed E-state index contributed by atoms with van der Waals surface area (Å²) in [6, 6.07) is 5.31. The zero-order chi connectivity index (χ0) is 24.7. The van der Waals surface area contributed by atoms with Gasteiger partial charge in [0.05, 0.1) is 24.9 Å². The quantitative estimate of drug-likeness (QED) is 0.660. The van der Waals surface area contributed by atoms with Gasteiger partial charge in [0.1, 0.15) is 18.1 Å². The van der Waals surface area contributed by atoms with Crippen LogP contribution in [-0.4, -0.2) is 72.4 Å². The summed E-state index contributed by atoms with van der Waals surface area (Å²) in [5.74, 6) is -0.375. The third-order valence-electron chi connectivity index (χ3n) is 6.81. The van der Waals surface area contributed by atoms with Crippen molar-refractivity contribution in [1.82, 2.24) is 14.4 Å². The van der Waals surface area contributed by atoms with Crippen LogP contribution in [0.1, 0.15) is 34.6 Å². The Hall–Kier alpha value is -2.79. The Balaban J connectivity index is 1.56. The zero-order valence-corrected chi connectivity index (χ0v) is 19.0. The smallest absolute Gasteiger partial charge is 0.431 e. The minimum atomic E-state index is -4.64. The molecule has 0 saturated carbocycles. The number of hydrogen-bond acceptors (Lipinski definition) is 5. The summed E-state index contributed by atoms with van der Waals surface area (Å²) >= 11 is 0. The van der Waals surface area contributed by atoms with Gasteiger partial charge in [0.2, 0.25) is 0 Å². The number of halogens is 4. The Bertz CT molecular complexity index is 1060. The Morgan fingerprint density at radius 3 is 2.44 bits per heavy atom. The fraction of sp³-hybridized carbons (Fsp3) is 0.522. The number of carbonyl (C=O) groups excluding carboxylic acids is 1. The fourth-order valence-corrected chi connectivity index (χ4v) is 5.06. The normalized spacial score (nSPS) is 18.1. The second-order valence-electron chi connectivity index (χ2n) is 8.56. The molecule has 3 heterocycles. The van der Waals surface area contributed by atoms with E-state index in [9.17, 15) is 22.4 Å². The number of nitrogens with zero attached hydrogens (tertiary/aromatic N) is 3. The van der Waals surface area contributed by atoms with Gasteiger partial charge in [-0.3, -0.25) is 9.69 Å². The second kappa shape index (κ2) is 9.10. The number of rotatable bonds is 5. The Morgan fingerprint density at radius 1 is 1.12 bits per heavy atom. The van der Waals surface area contributed by atoms with E-state index in [-0.39, 0.29) is 44.4 Å². The summed E-state index contributed by atoms with van der Waals surface area (Å²) < 4.78 is 67.0. The number of ether oxygens (including phenoxy) is 2. The van der Waals surface area contributed by atoms with Crippen LogP contribution < -0.4 is 9.47 Å². The van der Waals surface area contributed by atoms with E-state index in [1.807, 2.05) is 4.90 Å².